The Labute approximate surface area is 100 Å². The Kier molecular flexibility index (Phi) is 5.18. The highest BCUT2D eigenvalue weighted by molar-refractivity contribution is 7.71. The molecule has 5 nitrogen and oxygen atoms in total. The van der Waals surface area contributed by atoms with Gasteiger partial charge in [-0.1, -0.05) is 6.92 Å². The molecule has 0 spiro atoms. The highest BCUT2D eigenvalue weighted by atomic mass is 32.1. The van der Waals surface area contributed by atoms with E-state index in [-0.39, 0.29) is 5.91 Å². The molecule has 90 valence electrons. The molecule has 0 aliphatic rings. The molecule has 0 aliphatic heterocycles. The van der Waals surface area contributed by atoms with Crippen molar-refractivity contribution in [1.29, 1.82) is 0 Å². The average molecular weight is 242 g/mol. The van der Waals surface area contributed by atoms with E-state index in [0.717, 1.165) is 18.7 Å². The van der Waals surface area contributed by atoms with Crippen LogP contribution in [0.15, 0.2) is 0 Å². The van der Waals surface area contributed by atoms with E-state index < -0.39 is 0 Å². The van der Waals surface area contributed by atoms with Crippen molar-refractivity contribution in [1.82, 2.24) is 20.1 Å². The Morgan fingerprint density at radius 1 is 1.56 bits per heavy atom. The van der Waals surface area contributed by atoms with Gasteiger partial charge in [0, 0.05) is 25.9 Å². The number of aromatic nitrogens is 3. The number of rotatable bonds is 6. The van der Waals surface area contributed by atoms with Crippen molar-refractivity contribution >= 4 is 18.1 Å². The molecule has 1 amide bonds. The largest absolute Gasteiger partial charge is 0.356 e. The summed E-state index contributed by atoms with van der Waals surface area (Å²) in [5, 5.41) is 9.67. The average Bonchev–Trinajstić information content (AvgIpc) is 2.58. The maximum absolute atomic E-state index is 11.3. The van der Waals surface area contributed by atoms with Crippen molar-refractivity contribution in [3.05, 3.63) is 10.6 Å². The number of H-pyrrole nitrogens is 1. The highest BCUT2D eigenvalue weighted by Crippen LogP contribution is 2.02. The second-order valence-corrected chi connectivity index (χ2v) is 3.94. The first-order valence-electron chi connectivity index (χ1n) is 5.59. The molecule has 0 aromatic carbocycles. The van der Waals surface area contributed by atoms with Crippen LogP contribution in [0.25, 0.3) is 0 Å². The summed E-state index contributed by atoms with van der Waals surface area (Å²) in [5.74, 6) is 0.977. The van der Waals surface area contributed by atoms with Crippen LogP contribution in [0.2, 0.25) is 0 Å². The molecule has 6 heteroatoms. The molecule has 1 aromatic rings. The fraction of sp³-hybridized carbons (Fsp3) is 0.700. The van der Waals surface area contributed by atoms with E-state index in [4.69, 9.17) is 12.2 Å². The number of nitrogens with one attached hydrogen (secondary N) is 2. The van der Waals surface area contributed by atoms with E-state index in [2.05, 4.69) is 22.4 Å². The van der Waals surface area contributed by atoms with Gasteiger partial charge in [0.15, 0.2) is 4.77 Å². The van der Waals surface area contributed by atoms with Crippen LogP contribution in [0.3, 0.4) is 0 Å². The predicted octanol–water partition coefficient (Wildman–Crippen LogP) is 1.42. The number of amides is 1. The zero-order chi connectivity index (χ0) is 12.0. The van der Waals surface area contributed by atoms with Crippen LogP contribution in [0, 0.1) is 4.77 Å². The maximum atomic E-state index is 11.3. The number of hydrogen-bond acceptors (Lipinski definition) is 3. The number of nitrogens with zero attached hydrogens (tertiary/aromatic N) is 2. The standard InChI is InChI=1S/C10H18N4OS/c1-3-5-8-12-13-10(16)14(8)7-6-9(15)11-4-2/h3-7H2,1-2H3,(H,11,15)(H,13,16). The fourth-order valence-electron chi connectivity index (χ4n) is 1.49. The molecule has 0 fully saturated rings. The fourth-order valence-corrected chi connectivity index (χ4v) is 1.74. The molecule has 0 bridgehead atoms. The lowest BCUT2D eigenvalue weighted by Gasteiger charge is -2.05. The molecule has 0 radical (unpaired) electrons. The van der Waals surface area contributed by atoms with Crippen molar-refractivity contribution in [2.45, 2.75) is 39.7 Å². The number of aryl methyl sites for hydroxylation is 1. The van der Waals surface area contributed by atoms with Crippen LogP contribution in [-0.2, 0) is 17.8 Å². The Morgan fingerprint density at radius 2 is 2.31 bits per heavy atom. The zero-order valence-corrected chi connectivity index (χ0v) is 10.6. The molecule has 0 saturated carbocycles. The molecule has 0 unspecified atom stereocenters. The van der Waals surface area contributed by atoms with Gasteiger partial charge in [0.25, 0.3) is 0 Å². The number of carbonyl (C=O) groups excluding carboxylic acids is 1. The molecule has 1 heterocycles. The lowest BCUT2D eigenvalue weighted by atomic mass is 10.3. The van der Waals surface area contributed by atoms with Crippen molar-refractivity contribution < 1.29 is 4.79 Å². The lowest BCUT2D eigenvalue weighted by molar-refractivity contribution is -0.121. The normalized spacial score (nSPS) is 10.4. The number of aromatic amines is 1. The van der Waals surface area contributed by atoms with E-state index in [1.165, 1.54) is 0 Å². The smallest absolute Gasteiger partial charge is 0.221 e. The Hall–Kier alpha value is -1.17. The van der Waals surface area contributed by atoms with Crippen LogP contribution < -0.4 is 5.32 Å². The van der Waals surface area contributed by atoms with E-state index in [9.17, 15) is 4.79 Å². The van der Waals surface area contributed by atoms with Crippen LogP contribution in [0.5, 0.6) is 0 Å². The summed E-state index contributed by atoms with van der Waals surface area (Å²) < 4.78 is 2.49. The summed E-state index contributed by atoms with van der Waals surface area (Å²) in [6.07, 6.45) is 2.34. The summed E-state index contributed by atoms with van der Waals surface area (Å²) in [7, 11) is 0. The van der Waals surface area contributed by atoms with E-state index >= 15 is 0 Å². The second kappa shape index (κ2) is 6.42. The third-order valence-electron chi connectivity index (χ3n) is 2.25. The first kappa shape index (κ1) is 12.9. The molecule has 0 saturated heterocycles. The van der Waals surface area contributed by atoms with Crippen LogP contribution in [0.1, 0.15) is 32.5 Å². The monoisotopic (exact) mass is 242 g/mol. The SMILES string of the molecule is CCCc1n[nH]c(=S)n1CCC(=O)NCC. The van der Waals surface area contributed by atoms with Gasteiger partial charge in [0.05, 0.1) is 0 Å². The Bertz CT molecular complexity index is 396. The van der Waals surface area contributed by atoms with E-state index in [1.54, 1.807) is 0 Å². The first-order chi connectivity index (χ1) is 7.69. The molecule has 0 aliphatic carbocycles. The summed E-state index contributed by atoms with van der Waals surface area (Å²) in [4.78, 5) is 11.3. The second-order valence-electron chi connectivity index (χ2n) is 3.55. The maximum Gasteiger partial charge on any atom is 0.221 e. The molecular formula is C10H18N4OS. The van der Waals surface area contributed by atoms with Crippen LogP contribution in [0.4, 0.5) is 0 Å². The highest BCUT2D eigenvalue weighted by Gasteiger charge is 2.07. The summed E-state index contributed by atoms with van der Waals surface area (Å²) in [6, 6.07) is 0. The van der Waals surface area contributed by atoms with Crippen molar-refractivity contribution in [3.8, 4) is 0 Å². The van der Waals surface area contributed by atoms with Gasteiger partial charge in [0.1, 0.15) is 5.82 Å². The number of hydrogen-bond donors (Lipinski definition) is 2. The van der Waals surface area contributed by atoms with Gasteiger partial charge >= 0.3 is 0 Å². The van der Waals surface area contributed by atoms with E-state index in [0.29, 0.717) is 24.3 Å². The van der Waals surface area contributed by atoms with Gasteiger partial charge in [-0.15, -0.1) is 0 Å². The molecular weight excluding hydrogens is 224 g/mol. The zero-order valence-electron chi connectivity index (χ0n) is 9.75. The van der Waals surface area contributed by atoms with Gasteiger partial charge < -0.3 is 9.88 Å². The summed E-state index contributed by atoms with van der Waals surface area (Å²) in [6.45, 7) is 5.25. The Balaban J connectivity index is 2.61. The molecule has 0 atom stereocenters. The minimum atomic E-state index is 0.0491. The van der Waals surface area contributed by atoms with Gasteiger partial charge in [-0.3, -0.25) is 9.89 Å². The number of carbonyl (C=O) groups is 1. The van der Waals surface area contributed by atoms with Gasteiger partial charge in [0.2, 0.25) is 5.91 Å². The van der Waals surface area contributed by atoms with Crippen LogP contribution in [-0.4, -0.2) is 27.2 Å². The summed E-state index contributed by atoms with van der Waals surface area (Å²) in [5.41, 5.74) is 0. The first-order valence-corrected chi connectivity index (χ1v) is 6.00. The molecule has 1 rings (SSSR count). The Morgan fingerprint density at radius 3 is 2.94 bits per heavy atom. The lowest BCUT2D eigenvalue weighted by Crippen LogP contribution is -2.24. The minimum absolute atomic E-state index is 0.0491. The van der Waals surface area contributed by atoms with Crippen molar-refractivity contribution in [2.24, 2.45) is 0 Å². The summed E-state index contributed by atoms with van der Waals surface area (Å²) >= 11 is 5.12. The molecule has 2 N–H and O–H groups in total. The minimum Gasteiger partial charge on any atom is -0.356 e. The third-order valence-corrected chi connectivity index (χ3v) is 2.56. The van der Waals surface area contributed by atoms with Gasteiger partial charge in [-0.25, -0.2) is 0 Å². The predicted molar refractivity (Wildman–Crippen MR) is 64.7 cm³/mol. The van der Waals surface area contributed by atoms with Crippen molar-refractivity contribution in [3.63, 3.8) is 0 Å². The topological polar surface area (TPSA) is 62.7 Å². The third kappa shape index (κ3) is 3.44. The molecule has 1 aromatic heterocycles. The van der Waals surface area contributed by atoms with Gasteiger partial charge in [-0.2, -0.15) is 5.10 Å². The quantitative estimate of drug-likeness (QED) is 0.742. The van der Waals surface area contributed by atoms with E-state index in [1.807, 2.05) is 11.5 Å². The molecule has 16 heavy (non-hydrogen) atoms. The van der Waals surface area contributed by atoms with Crippen molar-refractivity contribution in [2.75, 3.05) is 6.54 Å². The van der Waals surface area contributed by atoms with Gasteiger partial charge in [-0.05, 0) is 25.6 Å². The van der Waals surface area contributed by atoms with Crippen LogP contribution >= 0.6 is 12.2 Å².